The van der Waals surface area contributed by atoms with Gasteiger partial charge in [0.15, 0.2) is 0 Å². The third-order valence-corrected chi connectivity index (χ3v) is 12.7. The van der Waals surface area contributed by atoms with Crippen molar-refractivity contribution in [2.24, 2.45) is 30.7 Å². The zero-order valence-corrected chi connectivity index (χ0v) is 32.6. The Labute approximate surface area is 299 Å². The highest BCUT2D eigenvalue weighted by Gasteiger charge is 2.49. The second-order valence-electron chi connectivity index (χ2n) is 18.7. The van der Waals surface area contributed by atoms with Gasteiger partial charge in [0, 0.05) is 55.0 Å². The van der Waals surface area contributed by atoms with E-state index in [1.807, 2.05) is 6.20 Å². The first-order valence-corrected chi connectivity index (χ1v) is 19.5. The van der Waals surface area contributed by atoms with Crippen LogP contribution in [-0.4, -0.2) is 60.7 Å². The second kappa shape index (κ2) is 14.3. The van der Waals surface area contributed by atoms with E-state index in [1.165, 1.54) is 68.4 Å². The number of piperidine rings is 2. The highest BCUT2D eigenvalue weighted by Crippen LogP contribution is 2.51. The summed E-state index contributed by atoms with van der Waals surface area (Å²) in [7, 11) is 2.11. The zero-order valence-electron chi connectivity index (χ0n) is 32.6. The van der Waals surface area contributed by atoms with Crippen LogP contribution >= 0.6 is 0 Å². The maximum absolute atomic E-state index is 4.57. The Morgan fingerprint density at radius 1 is 0.653 bits per heavy atom. The van der Waals surface area contributed by atoms with Gasteiger partial charge in [0.2, 0.25) is 0 Å². The van der Waals surface area contributed by atoms with Crippen molar-refractivity contribution in [2.75, 3.05) is 19.6 Å². The van der Waals surface area contributed by atoms with Crippen LogP contribution in [0.5, 0.6) is 0 Å². The number of hydrogen-bond donors (Lipinski definition) is 0. The molecule has 3 aliphatic heterocycles. The largest absolute Gasteiger partial charge is 0.291 e. The summed E-state index contributed by atoms with van der Waals surface area (Å²) in [5.41, 5.74) is 4.60. The van der Waals surface area contributed by atoms with Crippen LogP contribution in [0.3, 0.4) is 0 Å². The third-order valence-electron chi connectivity index (χ3n) is 12.7. The fraction of sp³-hybridized carbons (Fsp3) is 0.659. The minimum absolute atomic E-state index is 0.0424. The van der Waals surface area contributed by atoms with Gasteiger partial charge in [-0.2, -0.15) is 5.10 Å². The van der Waals surface area contributed by atoms with Crippen molar-refractivity contribution in [1.82, 2.24) is 24.5 Å². The lowest BCUT2D eigenvalue weighted by Crippen LogP contribution is -2.57. The van der Waals surface area contributed by atoms with Crippen LogP contribution in [0.1, 0.15) is 136 Å². The van der Waals surface area contributed by atoms with Gasteiger partial charge in [-0.25, -0.2) is 0 Å². The van der Waals surface area contributed by atoms with Crippen LogP contribution in [0.25, 0.3) is 0 Å². The molecule has 3 saturated heterocycles. The molecular weight excluding hydrogens is 599 g/mol. The maximum atomic E-state index is 4.57. The quantitative estimate of drug-likeness (QED) is 0.227. The molecule has 2 aromatic carbocycles. The van der Waals surface area contributed by atoms with Gasteiger partial charge in [0.1, 0.15) is 0 Å². The topological polar surface area (TPSA) is 27.5 Å². The molecule has 0 N–H and O–H groups in total. The lowest BCUT2D eigenvalue weighted by molar-refractivity contribution is -0.0682. The molecule has 0 spiro atoms. The lowest BCUT2D eigenvalue weighted by atomic mass is 9.69. The molecule has 0 radical (unpaired) electrons. The molecule has 49 heavy (non-hydrogen) atoms. The van der Waals surface area contributed by atoms with Gasteiger partial charge in [-0.3, -0.25) is 19.4 Å². The van der Waals surface area contributed by atoms with Crippen molar-refractivity contribution in [2.45, 2.75) is 136 Å². The van der Waals surface area contributed by atoms with Gasteiger partial charge in [0.05, 0.1) is 11.7 Å². The van der Waals surface area contributed by atoms with Crippen molar-refractivity contribution < 1.29 is 0 Å². The number of likely N-dealkylation sites (tertiary alicyclic amines) is 3. The summed E-state index contributed by atoms with van der Waals surface area (Å²) >= 11 is 0. The zero-order chi connectivity index (χ0) is 35.1. The van der Waals surface area contributed by atoms with Crippen LogP contribution < -0.4 is 0 Å². The fourth-order valence-corrected chi connectivity index (χ4v) is 10.8. The molecule has 1 aromatic heterocycles. The van der Waals surface area contributed by atoms with Gasteiger partial charge < -0.3 is 0 Å². The molecule has 3 aromatic rings. The van der Waals surface area contributed by atoms with Crippen molar-refractivity contribution in [3.05, 3.63) is 89.7 Å². The fourth-order valence-electron chi connectivity index (χ4n) is 10.8. The molecule has 6 rings (SSSR count). The predicted molar refractivity (Wildman–Crippen MR) is 205 cm³/mol. The smallest absolute Gasteiger partial charge is 0.0552 e. The second-order valence-corrected chi connectivity index (χ2v) is 18.7. The van der Waals surface area contributed by atoms with Crippen LogP contribution in [0, 0.1) is 23.7 Å². The summed E-state index contributed by atoms with van der Waals surface area (Å²) in [6, 6.07) is 26.6. The monoisotopic (exact) mass is 666 g/mol. The van der Waals surface area contributed by atoms with Gasteiger partial charge in [-0.05, 0) is 134 Å². The average molecular weight is 666 g/mol. The van der Waals surface area contributed by atoms with E-state index in [0.29, 0.717) is 41.8 Å². The molecule has 3 fully saturated rings. The van der Waals surface area contributed by atoms with E-state index in [4.69, 9.17) is 0 Å². The summed E-state index contributed by atoms with van der Waals surface area (Å²) in [5, 5.41) is 4.57. The van der Waals surface area contributed by atoms with E-state index in [-0.39, 0.29) is 16.6 Å². The van der Waals surface area contributed by atoms with Crippen LogP contribution in [0.4, 0.5) is 0 Å². The Morgan fingerprint density at radius 3 is 1.63 bits per heavy atom. The van der Waals surface area contributed by atoms with E-state index in [0.717, 1.165) is 6.54 Å². The molecule has 5 nitrogen and oxygen atoms in total. The molecule has 0 bridgehead atoms. The first-order chi connectivity index (χ1) is 23.2. The summed E-state index contributed by atoms with van der Waals surface area (Å²) in [4.78, 5) is 8.66. The Bertz CT molecular complexity index is 1490. The van der Waals surface area contributed by atoms with Crippen molar-refractivity contribution in [3.63, 3.8) is 0 Å². The first-order valence-electron chi connectivity index (χ1n) is 19.5. The summed E-state index contributed by atoms with van der Waals surface area (Å²) in [6.07, 6.45) is 9.42. The van der Waals surface area contributed by atoms with E-state index in [2.05, 4.69) is 161 Å². The molecule has 7 atom stereocenters. The van der Waals surface area contributed by atoms with Crippen LogP contribution in [-0.2, 0) is 7.05 Å². The number of aromatic nitrogens is 2. The Balaban J connectivity index is 1.33. The molecule has 0 saturated carbocycles. The van der Waals surface area contributed by atoms with E-state index in [9.17, 15) is 0 Å². The molecule has 5 heteroatoms. The highest BCUT2D eigenvalue weighted by atomic mass is 15.3. The standard InChI is InChI=1S/C44H67N5/c1-32-26-36(40(34-18-13-11-14-19-34)48(30-32)42(3,4)5)29-44(8,9)49-31-33(2)27-37(41(49)35-20-15-12-16-21-35)28-43(6,7)47-25-17-22-39(47)38-23-24-45-46(38)10/h11-16,18-21,23-24,32-33,36-37,39-41H,17,22,25-31H2,1-10H3/t32-,33+,36?,37?,39+,40+,41-/m0/s1. The molecule has 3 aliphatic rings. The van der Waals surface area contributed by atoms with Gasteiger partial charge >= 0.3 is 0 Å². The van der Waals surface area contributed by atoms with Crippen molar-refractivity contribution in [1.29, 1.82) is 0 Å². The number of aryl methyl sites for hydroxylation is 1. The number of hydrogen-bond acceptors (Lipinski definition) is 4. The number of nitrogens with zero attached hydrogens (tertiary/aromatic N) is 5. The van der Waals surface area contributed by atoms with Gasteiger partial charge in [-0.1, -0.05) is 74.5 Å². The molecule has 2 unspecified atom stereocenters. The number of benzene rings is 2. The molecule has 0 aliphatic carbocycles. The summed E-state index contributed by atoms with van der Waals surface area (Å²) < 4.78 is 2.11. The first kappa shape index (κ1) is 36.3. The SMILES string of the molecule is C[C@@H]1CC(CC(C)(C)N2CCC[C@@H]2c2ccnn2C)[C@H](c2ccccc2)N(C(C)(C)CC2C[C@H](C)CN(C(C)(C)C)[C@@H]2c2ccccc2)C1. The normalized spacial score (nSPS) is 29.8. The van der Waals surface area contributed by atoms with Crippen molar-refractivity contribution >= 4 is 0 Å². The van der Waals surface area contributed by atoms with Crippen LogP contribution in [0.2, 0.25) is 0 Å². The summed E-state index contributed by atoms with van der Waals surface area (Å²) in [6.45, 7) is 26.0. The highest BCUT2D eigenvalue weighted by molar-refractivity contribution is 5.24. The maximum Gasteiger partial charge on any atom is 0.0552 e. The third kappa shape index (κ3) is 7.75. The van der Waals surface area contributed by atoms with Gasteiger partial charge in [0.25, 0.3) is 0 Å². The van der Waals surface area contributed by atoms with E-state index in [1.54, 1.807) is 0 Å². The molecule has 268 valence electrons. The van der Waals surface area contributed by atoms with Crippen molar-refractivity contribution in [3.8, 4) is 0 Å². The van der Waals surface area contributed by atoms with Gasteiger partial charge in [-0.15, -0.1) is 0 Å². The van der Waals surface area contributed by atoms with E-state index >= 15 is 0 Å². The Kier molecular flexibility index (Phi) is 10.6. The predicted octanol–water partition coefficient (Wildman–Crippen LogP) is 10.1. The minimum Gasteiger partial charge on any atom is -0.291 e. The van der Waals surface area contributed by atoms with Crippen LogP contribution in [0.15, 0.2) is 72.9 Å². The molecular formula is C44H67N5. The summed E-state index contributed by atoms with van der Waals surface area (Å²) in [5.74, 6) is 2.52. The Hall–Kier alpha value is -2.47. The Morgan fingerprint density at radius 2 is 1.14 bits per heavy atom. The lowest BCUT2D eigenvalue weighted by Gasteiger charge is -2.56. The number of rotatable bonds is 9. The van der Waals surface area contributed by atoms with E-state index < -0.39 is 0 Å². The minimum atomic E-state index is 0.0424. The molecule has 4 heterocycles. The average Bonchev–Trinajstić information content (AvgIpc) is 3.70. The molecule has 0 amide bonds.